The lowest BCUT2D eigenvalue weighted by Gasteiger charge is -2.26. The van der Waals surface area contributed by atoms with Crippen LogP contribution < -0.4 is 4.90 Å². The molecule has 258 valence electrons. The standard InChI is InChI=1S/C54H37N/c1-3-11-38(12-4-1)39-19-21-40(22-20-39)41-27-31-49(32-28-41)55(48-14-5-2-6-15-48)50-33-29-42(30-34-50)43-23-24-45-36-47(26-25-44(45)35-43)54-37-46-13-7-8-16-51(46)52-17-9-10-18-53(52)54/h1-37H. The molecule has 0 spiro atoms. The van der Waals surface area contributed by atoms with E-state index in [1.807, 2.05) is 0 Å². The summed E-state index contributed by atoms with van der Waals surface area (Å²) in [6, 6.07) is 81.3. The average molecular weight is 700 g/mol. The number of benzene rings is 10. The highest BCUT2D eigenvalue weighted by Gasteiger charge is 2.14. The molecule has 0 saturated carbocycles. The first kappa shape index (κ1) is 32.4. The summed E-state index contributed by atoms with van der Waals surface area (Å²) in [5, 5.41) is 7.61. The number of hydrogen-bond acceptors (Lipinski definition) is 1. The van der Waals surface area contributed by atoms with E-state index in [0.717, 1.165) is 17.1 Å². The summed E-state index contributed by atoms with van der Waals surface area (Å²) >= 11 is 0. The molecule has 10 aromatic carbocycles. The normalized spacial score (nSPS) is 11.3. The molecule has 0 aliphatic heterocycles. The van der Waals surface area contributed by atoms with E-state index >= 15 is 0 Å². The van der Waals surface area contributed by atoms with Crippen LogP contribution in [0.25, 0.3) is 76.8 Å². The predicted octanol–water partition coefficient (Wildman–Crippen LogP) is 15.3. The lowest BCUT2D eigenvalue weighted by atomic mass is 9.92. The number of fused-ring (bicyclic) bond motifs is 4. The molecule has 0 atom stereocenters. The third kappa shape index (κ3) is 6.22. The molecule has 0 unspecified atom stereocenters. The van der Waals surface area contributed by atoms with Gasteiger partial charge in [-0.1, -0.05) is 170 Å². The molecule has 0 aliphatic rings. The third-order valence-corrected chi connectivity index (χ3v) is 10.8. The highest BCUT2D eigenvalue weighted by Crippen LogP contribution is 2.39. The topological polar surface area (TPSA) is 3.24 Å². The maximum Gasteiger partial charge on any atom is 0.0462 e. The molecule has 0 bridgehead atoms. The average Bonchev–Trinajstić information content (AvgIpc) is 3.27. The van der Waals surface area contributed by atoms with Gasteiger partial charge in [-0.3, -0.25) is 0 Å². The van der Waals surface area contributed by atoms with Gasteiger partial charge in [-0.2, -0.15) is 0 Å². The summed E-state index contributed by atoms with van der Waals surface area (Å²) < 4.78 is 0. The molecule has 1 nitrogen and oxygen atoms in total. The molecule has 0 aliphatic carbocycles. The number of anilines is 3. The van der Waals surface area contributed by atoms with Crippen LogP contribution in [-0.4, -0.2) is 0 Å². The molecule has 10 rings (SSSR count). The molecular formula is C54H37N. The monoisotopic (exact) mass is 699 g/mol. The molecular weight excluding hydrogens is 663 g/mol. The predicted molar refractivity (Wildman–Crippen MR) is 235 cm³/mol. The molecule has 55 heavy (non-hydrogen) atoms. The van der Waals surface area contributed by atoms with Crippen molar-refractivity contribution < 1.29 is 0 Å². The minimum atomic E-state index is 1.11. The molecule has 0 fully saturated rings. The Labute approximate surface area is 322 Å². The Morgan fingerprint density at radius 2 is 0.618 bits per heavy atom. The van der Waals surface area contributed by atoms with Crippen LogP contribution in [0.15, 0.2) is 224 Å². The van der Waals surface area contributed by atoms with Gasteiger partial charge in [0, 0.05) is 17.1 Å². The Hall–Kier alpha value is -7.22. The number of para-hydroxylation sites is 1. The molecule has 0 amide bonds. The van der Waals surface area contributed by atoms with E-state index in [0.29, 0.717) is 0 Å². The quantitative estimate of drug-likeness (QED) is 0.150. The third-order valence-electron chi connectivity index (χ3n) is 10.8. The van der Waals surface area contributed by atoms with Crippen LogP contribution in [0.5, 0.6) is 0 Å². The fraction of sp³-hybridized carbons (Fsp3) is 0. The van der Waals surface area contributed by atoms with E-state index in [1.165, 1.54) is 76.8 Å². The summed E-state index contributed by atoms with van der Waals surface area (Å²) in [7, 11) is 0. The second-order valence-electron chi connectivity index (χ2n) is 14.2. The van der Waals surface area contributed by atoms with Crippen LogP contribution in [0.1, 0.15) is 0 Å². The summed E-state index contributed by atoms with van der Waals surface area (Å²) in [6.07, 6.45) is 0. The van der Waals surface area contributed by atoms with Crippen LogP contribution in [0, 0.1) is 0 Å². The largest absolute Gasteiger partial charge is 0.311 e. The Morgan fingerprint density at radius 3 is 1.24 bits per heavy atom. The Morgan fingerprint density at radius 1 is 0.218 bits per heavy atom. The van der Waals surface area contributed by atoms with Gasteiger partial charge < -0.3 is 4.90 Å². The molecule has 0 saturated heterocycles. The molecule has 0 heterocycles. The van der Waals surface area contributed by atoms with Gasteiger partial charge in [0.1, 0.15) is 0 Å². The highest BCUT2D eigenvalue weighted by atomic mass is 15.1. The van der Waals surface area contributed by atoms with Gasteiger partial charge in [0.05, 0.1) is 0 Å². The zero-order chi connectivity index (χ0) is 36.6. The van der Waals surface area contributed by atoms with E-state index < -0.39 is 0 Å². The first-order valence-corrected chi connectivity index (χ1v) is 18.9. The minimum absolute atomic E-state index is 1.11. The van der Waals surface area contributed by atoms with E-state index in [9.17, 15) is 0 Å². The zero-order valence-electron chi connectivity index (χ0n) is 30.3. The molecule has 0 radical (unpaired) electrons. The van der Waals surface area contributed by atoms with Crippen LogP contribution in [0.3, 0.4) is 0 Å². The van der Waals surface area contributed by atoms with Crippen molar-refractivity contribution in [2.45, 2.75) is 0 Å². The van der Waals surface area contributed by atoms with Gasteiger partial charge in [0.15, 0.2) is 0 Å². The van der Waals surface area contributed by atoms with Crippen LogP contribution in [0.2, 0.25) is 0 Å². The Balaban J connectivity index is 0.938. The van der Waals surface area contributed by atoms with Crippen molar-refractivity contribution in [2.75, 3.05) is 4.90 Å². The van der Waals surface area contributed by atoms with Gasteiger partial charge in [0.25, 0.3) is 0 Å². The Bertz CT molecular complexity index is 2930. The maximum atomic E-state index is 2.34. The lowest BCUT2D eigenvalue weighted by molar-refractivity contribution is 1.28. The fourth-order valence-electron chi connectivity index (χ4n) is 8.00. The molecule has 0 N–H and O–H groups in total. The lowest BCUT2D eigenvalue weighted by Crippen LogP contribution is -2.09. The van der Waals surface area contributed by atoms with E-state index in [4.69, 9.17) is 0 Å². The van der Waals surface area contributed by atoms with Crippen molar-refractivity contribution in [3.63, 3.8) is 0 Å². The minimum Gasteiger partial charge on any atom is -0.311 e. The molecule has 1 heteroatoms. The van der Waals surface area contributed by atoms with E-state index in [1.54, 1.807) is 0 Å². The summed E-state index contributed by atoms with van der Waals surface area (Å²) in [4.78, 5) is 2.32. The SMILES string of the molecule is c1ccc(-c2ccc(-c3ccc(N(c4ccccc4)c4ccc(-c5ccc6cc(-c7cc8ccccc8c8ccccc78)ccc6c5)cc4)cc3)cc2)cc1. The fourth-order valence-corrected chi connectivity index (χ4v) is 8.00. The van der Waals surface area contributed by atoms with Gasteiger partial charge >= 0.3 is 0 Å². The van der Waals surface area contributed by atoms with E-state index in [2.05, 4.69) is 229 Å². The molecule has 0 aromatic heterocycles. The smallest absolute Gasteiger partial charge is 0.0462 e. The second-order valence-corrected chi connectivity index (χ2v) is 14.2. The second kappa shape index (κ2) is 14.0. The van der Waals surface area contributed by atoms with Crippen molar-refractivity contribution in [3.05, 3.63) is 224 Å². The zero-order valence-corrected chi connectivity index (χ0v) is 30.3. The Kier molecular flexibility index (Phi) is 8.24. The summed E-state index contributed by atoms with van der Waals surface area (Å²) in [5.41, 5.74) is 13.1. The molecule has 10 aromatic rings. The van der Waals surface area contributed by atoms with Crippen molar-refractivity contribution in [3.8, 4) is 44.5 Å². The van der Waals surface area contributed by atoms with Crippen molar-refractivity contribution in [1.82, 2.24) is 0 Å². The number of rotatable bonds is 7. The summed E-state index contributed by atoms with van der Waals surface area (Å²) in [6.45, 7) is 0. The van der Waals surface area contributed by atoms with Crippen LogP contribution in [0.4, 0.5) is 17.1 Å². The maximum absolute atomic E-state index is 2.34. The van der Waals surface area contributed by atoms with Crippen molar-refractivity contribution >= 4 is 49.4 Å². The van der Waals surface area contributed by atoms with E-state index in [-0.39, 0.29) is 0 Å². The first-order valence-electron chi connectivity index (χ1n) is 18.9. The number of hydrogen-bond donors (Lipinski definition) is 0. The number of nitrogens with zero attached hydrogens (tertiary/aromatic N) is 1. The van der Waals surface area contributed by atoms with Crippen molar-refractivity contribution in [2.24, 2.45) is 0 Å². The van der Waals surface area contributed by atoms with Gasteiger partial charge in [-0.15, -0.1) is 0 Å². The van der Waals surface area contributed by atoms with Crippen LogP contribution >= 0.6 is 0 Å². The van der Waals surface area contributed by atoms with Crippen molar-refractivity contribution in [1.29, 1.82) is 0 Å². The van der Waals surface area contributed by atoms with Gasteiger partial charge in [-0.05, 0) is 131 Å². The van der Waals surface area contributed by atoms with Gasteiger partial charge in [0.2, 0.25) is 0 Å². The summed E-state index contributed by atoms with van der Waals surface area (Å²) in [5.74, 6) is 0. The first-order chi connectivity index (χ1) is 27.2. The van der Waals surface area contributed by atoms with Gasteiger partial charge in [-0.25, -0.2) is 0 Å². The highest BCUT2D eigenvalue weighted by molar-refractivity contribution is 6.14. The van der Waals surface area contributed by atoms with Crippen LogP contribution in [-0.2, 0) is 0 Å².